The van der Waals surface area contributed by atoms with Gasteiger partial charge in [-0.1, -0.05) is 30.3 Å². The molecule has 4 aromatic rings. The number of thiophene rings is 1. The van der Waals surface area contributed by atoms with E-state index in [0.29, 0.717) is 11.4 Å². The monoisotopic (exact) mass is 404 g/mol. The van der Waals surface area contributed by atoms with Crippen LogP contribution in [0.3, 0.4) is 0 Å². The molecule has 0 saturated carbocycles. The molecule has 0 atom stereocenters. The summed E-state index contributed by atoms with van der Waals surface area (Å²) in [7, 11) is 1.63. The molecule has 0 unspecified atom stereocenters. The van der Waals surface area contributed by atoms with Gasteiger partial charge in [-0.05, 0) is 35.4 Å². The van der Waals surface area contributed by atoms with Crippen molar-refractivity contribution in [2.45, 2.75) is 6.54 Å². The number of amides is 1. The Hall–Kier alpha value is -3.42. The maximum Gasteiger partial charge on any atom is 0.277 e. The van der Waals surface area contributed by atoms with Gasteiger partial charge in [0, 0.05) is 29.1 Å². The van der Waals surface area contributed by atoms with Gasteiger partial charge in [0.25, 0.3) is 5.91 Å². The fourth-order valence-electron chi connectivity index (χ4n) is 3.24. The van der Waals surface area contributed by atoms with Crippen LogP contribution in [0.5, 0.6) is 5.75 Å². The van der Waals surface area contributed by atoms with E-state index in [1.807, 2.05) is 60.0 Å². The number of para-hydroxylation sites is 1. The third kappa shape index (κ3) is 3.78. The number of benzene rings is 2. The van der Waals surface area contributed by atoms with Crippen molar-refractivity contribution in [1.29, 1.82) is 0 Å². The van der Waals surface area contributed by atoms with Gasteiger partial charge in [0.2, 0.25) is 0 Å². The van der Waals surface area contributed by atoms with Crippen LogP contribution in [-0.4, -0.2) is 18.0 Å². The topological polar surface area (TPSA) is 89.3 Å². The Bertz CT molecular complexity index is 1150. The molecule has 146 valence electrons. The van der Waals surface area contributed by atoms with Crippen LogP contribution in [0.1, 0.15) is 15.2 Å². The first-order chi connectivity index (χ1) is 14.2. The van der Waals surface area contributed by atoms with Crippen LogP contribution in [0.4, 0.5) is 5.69 Å². The summed E-state index contributed by atoms with van der Waals surface area (Å²) in [5.41, 5.74) is 6.95. The van der Waals surface area contributed by atoms with Crippen molar-refractivity contribution in [2.75, 3.05) is 12.4 Å². The van der Waals surface area contributed by atoms with E-state index in [4.69, 9.17) is 10.6 Å². The number of aromatic nitrogens is 1. The molecule has 29 heavy (non-hydrogen) atoms. The van der Waals surface area contributed by atoms with Crippen molar-refractivity contribution in [3.05, 3.63) is 76.6 Å². The number of nitrogens with two attached hydrogens (primary N) is 1. The zero-order chi connectivity index (χ0) is 20.2. The number of carbonyl (C=O) groups excluding carboxylic acids is 1. The summed E-state index contributed by atoms with van der Waals surface area (Å²) in [4.78, 5) is 17.3. The Labute approximate surface area is 172 Å². The summed E-state index contributed by atoms with van der Waals surface area (Å²) in [6, 6.07) is 17.7. The molecule has 0 bridgehead atoms. The Morgan fingerprint density at radius 1 is 1.14 bits per heavy atom. The van der Waals surface area contributed by atoms with Crippen LogP contribution in [-0.2, 0) is 6.54 Å². The van der Waals surface area contributed by atoms with Gasteiger partial charge < -0.3 is 10.1 Å². The summed E-state index contributed by atoms with van der Waals surface area (Å²) in [6.45, 7) is 0.549. The van der Waals surface area contributed by atoms with Crippen molar-refractivity contribution in [3.63, 3.8) is 0 Å². The van der Waals surface area contributed by atoms with E-state index in [2.05, 4.69) is 15.7 Å². The normalized spacial score (nSPS) is 10.7. The number of hydrogen-bond acceptors (Lipinski definition) is 6. The number of carbonyl (C=O) groups is 1. The van der Waals surface area contributed by atoms with Crippen molar-refractivity contribution in [1.82, 2.24) is 10.4 Å². The van der Waals surface area contributed by atoms with E-state index in [9.17, 15) is 4.79 Å². The number of hydrogen-bond donors (Lipinski definition) is 3. The number of pyridine rings is 1. The molecule has 2 heterocycles. The number of rotatable bonds is 6. The lowest BCUT2D eigenvalue weighted by Gasteiger charge is -2.12. The highest BCUT2D eigenvalue weighted by atomic mass is 32.1. The minimum absolute atomic E-state index is 0.322. The first kappa shape index (κ1) is 18.9. The lowest BCUT2D eigenvalue weighted by Crippen LogP contribution is -2.29. The Balaban J connectivity index is 1.70. The zero-order valence-electron chi connectivity index (χ0n) is 15.8. The third-order valence-electron chi connectivity index (χ3n) is 4.72. The standard InChI is InChI=1S/C22H20N4O2S/c1-28-16-8-6-14(7-9-16)18-13-29-21(22(27)26-23)20(18)25-12-15-10-11-24-19-5-3-2-4-17(15)19/h2-11,13,25H,12,23H2,1H3,(H,26,27). The van der Waals surface area contributed by atoms with Gasteiger partial charge in [-0.2, -0.15) is 0 Å². The van der Waals surface area contributed by atoms with E-state index in [0.717, 1.165) is 39.0 Å². The molecule has 2 aromatic carbocycles. The summed E-state index contributed by atoms with van der Waals surface area (Å²) in [5, 5.41) is 6.48. The second-order valence-electron chi connectivity index (χ2n) is 6.40. The van der Waals surface area contributed by atoms with Gasteiger partial charge in [0.05, 0.1) is 18.3 Å². The summed E-state index contributed by atoms with van der Waals surface area (Å²) < 4.78 is 5.24. The smallest absolute Gasteiger partial charge is 0.277 e. The van der Waals surface area contributed by atoms with Crippen molar-refractivity contribution >= 4 is 33.8 Å². The van der Waals surface area contributed by atoms with Gasteiger partial charge in [0.1, 0.15) is 10.6 Å². The maximum absolute atomic E-state index is 12.3. The van der Waals surface area contributed by atoms with Crippen LogP contribution in [0.2, 0.25) is 0 Å². The highest BCUT2D eigenvalue weighted by Crippen LogP contribution is 2.37. The van der Waals surface area contributed by atoms with E-state index < -0.39 is 0 Å². The predicted octanol–water partition coefficient (Wildman–Crippen LogP) is 4.19. The van der Waals surface area contributed by atoms with Gasteiger partial charge in [0.15, 0.2) is 0 Å². The number of hydrazine groups is 1. The molecular weight excluding hydrogens is 384 g/mol. The Kier molecular flexibility index (Phi) is 5.41. The van der Waals surface area contributed by atoms with Gasteiger partial charge in [-0.15, -0.1) is 11.3 Å². The molecule has 6 nitrogen and oxygen atoms in total. The fourth-order valence-corrected chi connectivity index (χ4v) is 4.20. The summed E-state index contributed by atoms with van der Waals surface area (Å²) in [6.07, 6.45) is 1.80. The van der Waals surface area contributed by atoms with Gasteiger partial charge in [-0.25, -0.2) is 5.84 Å². The molecule has 4 N–H and O–H groups in total. The van der Waals surface area contributed by atoms with Crippen LogP contribution < -0.4 is 21.3 Å². The fraction of sp³-hybridized carbons (Fsp3) is 0.0909. The van der Waals surface area contributed by atoms with E-state index in [1.54, 1.807) is 13.3 Å². The second kappa shape index (κ2) is 8.30. The Morgan fingerprint density at radius 2 is 1.93 bits per heavy atom. The molecule has 1 amide bonds. The molecule has 0 fully saturated rings. The van der Waals surface area contributed by atoms with Crippen molar-refractivity contribution in [2.24, 2.45) is 5.84 Å². The molecule has 2 aromatic heterocycles. The largest absolute Gasteiger partial charge is 0.497 e. The van der Waals surface area contributed by atoms with E-state index in [-0.39, 0.29) is 5.91 Å². The molecule has 4 rings (SSSR count). The van der Waals surface area contributed by atoms with E-state index in [1.165, 1.54) is 11.3 Å². The number of anilines is 1. The number of nitrogen functional groups attached to an aromatic ring is 1. The number of fused-ring (bicyclic) bond motifs is 1. The average Bonchev–Trinajstić information content (AvgIpc) is 3.21. The highest BCUT2D eigenvalue weighted by Gasteiger charge is 2.19. The van der Waals surface area contributed by atoms with Crippen molar-refractivity contribution < 1.29 is 9.53 Å². The Morgan fingerprint density at radius 3 is 2.69 bits per heavy atom. The SMILES string of the molecule is COc1ccc(-c2csc(C(=O)NN)c2NCc2ccnc3ccccc23)cc1. The molecule has 0 aliphatic heterocycles. The summed E-state index contributed by atoms with van der Waals surface area (Å²) >= 11 is 1.35. The van der Waals surface area contributed by atoms with Gasteiger partial charge in [-0.3, -0.25) is 15.2 Å². The lowest BCUT2D eigenvalue weighted by molar-refractivity contribution is 0.0958. The summed E-state index contributed by atoms with van der Waals surface area (Å²) in [5.74, 6) is 5.85. The average molecular weight is 404 g/mol. The number of methoxy groups -OCH3 is 1. The van der Waals surface area contributed by atoms with Crippen LogP contribution in [0.15, 0.2) is 66.2 Å². The third-order valence-corrected chi connectivity index (χ3v) is 5.70. The van der Waals surface area contributed by atoms with Gasteiger partial charge >= 0.3 is 0 Å². The molecule has 0 aliphatic rings. The predicted molar refractivity (Wildman–Crippen MR) is 117 cm³/mol. The maximum atomic E-state index is 12.3. The van der Waals surface area contributed by atoms with E-state index >= 15 is 0 Å². The first-order valence-corrected chi connectivity index (χ1v) is 9.92. The zero-order valence-corrected chi connectivity index (χ0v) is 16.6. The second-order valence-corrected chi connectivity index (χ2v) is 7.28. The van der Waals surface area contributed by atoms with Crippen LogP contribution in [0, 0.1) is 0 Å². The molecule has 0 radical (unpaired) electrons. The highest BCUT2D eigenvalue weighted by molar-refractivity contribution is 7.13. The first-order valence-electron chi connectivity index (χ1n) is 9.04. The minimum Gasteiger partial charge on any atom is -0.497 e. The number of ether oxygens (including phenoxy) is 1. The van der Waals surface area contributed by atoms with Crippen molar-refractivity contribution in [3.8, 4) is 16.9 Å². The molecular formula is C22H20N4O2S. The minimum atomic E-state index is -0.322. The molecule has 0 saturated heterocycles. The van der Waals surface area contributed by atoms with Crippen LogP contribution >= 0.6 is 11.3 Å². The lowest BCUT2D eigenvalue weighted by atomic mass is 10.1. The molecule has 0 spiro atoms. The number of nitrogens with zero attached hydrogens (tertiary/aromatic N) is 1. The molecule has 0 aliphatic carbocycles. The quantitative estimate of drug-likeness (QED) is 0.255. The molecule has 7 heteroatoms. The number of nitrogens with one attached hydrogen (secondary N) is 2. The van der Waals surface area contributed by atoms with Crippen LogP contribution in [0.25, 0.3) is 22.0 Å².